The molecule has 3 rings (SSSR count). The topological polar surface area (TPSA) is 50.7 Å². The predicted molar refractivity (Wildman–Crippen MR) is 72.3 cm³/mol. The molecule has 1 saturated heterocycles. The molecule has 0 saturated carbocycles. The molecule has 0 radical (unpaired) electrons. The summed E-state index contributed by atoms with van der Waals surface area (Å²) in [4.78, 5) is 0. The third-order valence-electron chi connectivity index (χ3n) is 3.92. The molecule has 1 aliphatic carbocycles. The Labute approximate surface area is 113 Å². The summed E-state index contributed by atoms with van der Waals surface area (Å²) in [7, 11) is 0. The van der Waals surface area contributed by atoms with Gasteiger partial charge < -0.3 is 19.9 Å². The Morgan fingerprint density at radius 3 is 3.11 bits per heavy atom. The first kappa shape index (κ1) is 12.9. The summed E-state index contributed by atoms with van der Waals surface area (Å²) in [5.74, 6) is 0.364. The van der Waals surface area contributed by atoms with Crippen LogP contribution in [0.15, 0.2) is 18.2 Å². The minimum absolute atomic E-state index is 0.163. The maximum Gasteiger partial charge on any atom is 0.115 e. The Hall–Kier alpha value is -1.10. The van der Waals surface area contributed by atoms with Crippen molar-refractivity contribution in [2.45, 2.75) is 31.4 Å². The van der Waals surface area contributed by atoms with Crippen LogP contribution in [0.3, 0.4) is 0 Å². The molecule has 1 heterocycles. The SMILES string of the molecule is Oc1ccc2c(c1)CCCC2NCC1COCCO1. The average Bonchev–Trinajstić information content (AvgIpc) is 2.45. The third kappa shape index (κ3) is 3.08. The second-order valence-corrected chi connectivity index (χ2v) is 5.30. The maximum absolute atomic E-state index is 9.55. The number of hydrogen-bond donors (Lipinski definition) is 2. The van der Waals surface area contributed by atoms with Gasteiger partial charge in [-0.05, 0) is 42.5 Å². The van der Waals surface area contributed by atoms with Gasteiger partial charge in [0.25, 0.3) is 0 Å². The molecule has 19 heavy (non-hydrogen) atoms. The average molecular weight is 263 g/mol. The quantitative estimate of drug-likeness (QED) is 0.872. The molecule has 1 aromatic carbocycles. The van der Waals surface area contributed by atoms with E-state index in [-0.39, 0.29) is 6.10 Å². The summed E-state index contributed by atoms with van der Waals surface area (Å²) < 4.78 is 11.1. The molecule has 2 aliphatic rings. The van der Waals surface area contributed by atoms with Crippen molar-refractivity contribution in [1.29, 1.82) is 0 Å². The zero-order valence-electron chi connectivity index (χ0n) is 11.1. The first-order valence-corrected chi connectivity index (χ1v) is 7.07. The lowest BCUT2D eigenvalue weighted by atomic mass is 9.87. The highest BCUT2D eigenvalue weighted by molar-refractivity contribution is 5.38. The molecule has 0 amide bonds. The molecule has 4 heteroatoms. The summed E-state index contributed by atoms with van der Waals surface area (Å²) in [5.41, 5.74) is 2.59. The van der Waals surface area contributed by atoms with Crippen LogP contribution in [0, 0.1) is 0 Å². The van der Waals surface area contributed by atoms with Crippen LogP contribution in [0.1, 0.15) is 30.0 Å². The Kier molecular flexibility index (Phi) is 4.01. The fourth-order valence-electron chi connectivity index (χ4n) is 2.94. The molecular weight excluding hydrogens is 242 g/mol. The molecule has 1 aliphatic heterocycles. The van der Waals surface area contributed by atoms with E-state index in [2.05, 4.69) is 5.32 Å². The number of fused-ring (bicyclic) bond motifs is 1. The molecule has 2 unspecified atom stereocenters. The normalized spacial score (nSPS) is 26.9. The van der Waals surface area contributed by atoms with Crippen LogP contribution in [-0.4, -0.2) is 37.6 Å². The highest BCUT2D eigenvalue weighted by atomic mass is 16.6. The molecule has 4 nitrogen and oxygen atoms in total. The van der Waals surface area contributed by atoms with Gasteiger partial charge in [0.1, 0.15) is 5.75 Å². The number of nitrogens with one attached hydrogen (secondary N) is 1. The van der Waals surface area contributed by atoms with Gasteiger partial charge >= 0.3 is 0 Å². The standard InChI is InChI=1S/C15H21NO3/c17-12-4-5-14-11(8-12)2-1-3-15(14)16-9-13-10-18-6-7-19-13/h4-5,8,13,15-17H,1-3,6-7,9-10H2. The number of ether oxygens (including phenoxy) is 2. The van der Waals surface area contributed by atoms with Crippen molar-refractivity contribution in [3.8, 4) is 5.75 Å². The Morgan fingerprint density at radius 2 is 2.26 bits per heavy atom. The maximum atomic E-state index is 9.55. The van der Waals surface area contributed by atoms with Crippen LogP contribution in [0.5, 0.6) is 5.75 Å². The van der Waals surface area contributed by atoms with E-state index >= 15 is 0 Å². The van der Waals surface area contributed by atoms with Crippen LogP contribution in [0.2, 0.25) is 0 Å². The van der Waals surface area contributed by atoms with Gasteiger partial charge in [-0.15, -0.1) is 0 Å². The van der Waals surface area contributed by atoms with Gasteiger partial charge in [-0.2, -0.15) is 0 Å². The number of phenols is 1. The van der Waals surface area contributed by atoms with E-state index in [0.29, 0.717) is 31.6 Å². The summed E-state index contributed by atoms with van der Waals surface area (Å²) >= 11 is 0. The molecule has 104 valence electrons. The van der Waals surface area contributed by atoms with E-state index in [0.717, 1.165) is 25.8 Å². The molecule has 1 fully saturated rings. The van der Waals surface area contributed by atoms with Gasteiger partial charge in [0.15, 0.2) is 0 Å². The molecule has 0 aromatic heterocycles. The van der Waals surface area contributed by atoms with E-state index in [1.165, 1.54) is 11.1 Å². The van der Waals surface area contributed by atoms with Gasteiger partial charge in [-0.25, -0.2) is 0 Å². The van der Waals surface area contributed by atoms with Crippen LogP contribution in [0.4, 0.5) is 0 Å². The summed E-state index contributed by atoms with van der Waals surface area (Å²) in [6.45, 7) is 2.91. The van der Waals surface area contributed by atoms with Crippen molar-refractivity contribution in [2.75, 3.05) is 26.4 Å². The second-order valence-electron chi connectivity index (χ2n) is 5.30. The zero-order valence-corrected chi connectivity index (χ0v) is 11.1. The van der Waals surface area contributed by atoms with Crippen LogP contribution in [0.25, 0.3) is 0 Å². The lowest BCUT2D eigenvalue weighted by Gasteiger charge is -2.29. The first-order chi connectivity index (χ1) is 9.33. The highest BCUT2D eigenvalue weighted by Crippen LogP contribution is 2.31. The minimum Gasteiger partial charge on any atom is -0.508 e. The predicted octanol–water partition coefficient (Wildman–Crippen LogP) is 1.77. The van der Waals surface area contributed by atoms with Crippen molar-refractivity contribution in [2.24, 2.45) is 0 Å². The monoisotopic (exact) mass is 263 g/mol. The number of hydrogen-bond acceptors (Lipinski definition) is 4. The van der Waals surface area contributed by atoms with Crippen molar-refractivity contribution in [3.05, 3.63) is 29.3 Å². The Bertz CT molecular complexity index is 429. The number of aromatic hydroxyl groups is 1. The summed E-state index contributed by atoms with van der Waals surface area (Å²) in [5, 5.41) is 13.1. The first-order valence-electron chi connectivity index (χ1n) is 7.07. The van der Waals surface area contributed by atoms with E-state index in [9.17, 15) is 5.11 Å². The van der Waals surface area contributed by atoms with Crippen LogP contribution in [-0.2, 0) is 15.9 Å². The van der Waals surface area contributed by atoms with E-state index in [4.69, 9.17) is 9.47 Å². The van der Waals surface area contributed by atoms with Crippen molar-refractivity contribution in [1.82, 2.24) is 5.32 Å². The fraction of sp³-hybridized carbons (Fsp3) is 0.600. The van der Waals surface area contributed by atoms with Gasteiger partial charge in [0.05, 0.1) is 25.9 Å². The van der Waals surface area contributed by atoms with Gasteiger partial charge in [0, 0.05) is 12.6 Å². The minimum atomic E-state index is 0.163. The molecule has 2 N–H and O–H groups in total. The number of aryl methyl sites for hydroxylation is 1. The summed E-state index contributed by atoms with van der Waals surface area (Å²) in [6, 6.07) is 6.08. The van der Waals surface area contributed by atoms with Crippen molar-refractivity contribution in [3.63, 3.8) is 0 Å². The van der Waals surface area contributed by atoms with Crippen molar-refractivity contribution < 1.29 is 14.6 Å². The zero-order chi connectivity index (χ0) is 13.1. The van der Waals surface area contributed by atoms with E-state index < -0.39 is 0 Å². The highest BCUT2D eigenvalue weighted by Gasteiger charge is 2.22. The van der Waals surface area contributed by atoms with Crippen LogP contribution < -0.4 is 5.32 Å². The molecule has 1 aromatic rings. The Balaban J connectivity index is 1.63. The van der Waals surface area contributed by atoms with Gasteiger partial charge in [-0.3, -0.25) is 0 Å². The number of benzene rings is 1. The van der Waals surface area contributed by atoms with Crippen LogP contribution >= 0.6 is 0 Å². The number of rotatable bonds is 3. The fourth-order valence-corrected chi connectivity index (χ4v) is 2.94. The molecular formula is C15H21NO3. The lowest BCUT2D eigenvalue weighted by Crippen LogP contribution is -2.39. The van der Waals surface area contributed by atoms with Gasteiger partial charge in [0.2, 0.25) is 0 Å². The second kappa shape index (κ2) is 5.90. The largest absolute Gasteiger partial charge is 0.508 e. The molecule has 0 spiro atoms. The molecule has 2 atom stereocenters. The smallest absolute Gasteiger partial charge is 0.115 e. The third-order valence-corrected chi connectivity index (χ3v) is 3.92. The number of phenolic OH excluding ortho intramolecular Hbond substituents is 1. The van der Waals surface area contributed by atoms with Crippen molar-refractivity contribution >= 4 is 0 Å². The summed E-state index contributed by atoms with van der Waals surface area (Å²) in [6.07, 6.45) is 3.53. The van der Waals surface area contributed by atoms with E-state index in [1.807, 2.05) is 12.1 Å². The van der Waals surface area contributed by atoms with Gasteiger partial charge in [-0.1, -0.05) is 6.07 Å². The Morgan fingerprint density at radius 1 is 1.32 bits per heavy atom. The molecule has 0 bridgehead atoms. The van der Waals surface area contributed by atoms with E-state index in [1.54, 1.807) is 6.07 Å². The lowest BCUT2D eigenvalue weighted by molar-refractivity contribution is -0.0872.